The summed E-state index contributed by atoms with van der Waals surface area (Å²) >= 11 is 0. The van der Waals surface area contributed by atoms with E-state index in [2.05, 4.69) is 217 Å². The normalized spacial score (nSPS) is 13.0. The van der Waals surface area contributed by atoms with Crippen LogP contribution in [-0.4, -0.2) is 99.0 Å². The summed E-state index contributed by atoms with van der Waals surface area (Å²) in [5, 5.41) is 0. The molecule has 0 aliphatic carbocycles. The summed E-state index contributed by atoms with van der Waals surface area (Å²) in [5.74, 6) is 14.4. The summed E-state index contributed by atoms with van der Waals surface area (Å²) < 4.78 is 15.5. The van der Waals surface area contributed by atoms with E-state index >= 15 is 0 Å². The van der Waals surface area contributed by atoms with Crippen molar-refractivity contribution in [2.24, 2.45) is 0 Å². The monoisotopic (exact) mass is 1670 g/mol. The predicted octanol–water partition coefficient (Wildman–Crippen LogP) is 25.8. The fourth-order valence-electron chi connectivity index (χ4n) is 18.2. The molecule has 18 heteroatoms. The summed E-state index contributed by atoms with van der Waals surface area (Å²) in [6.45, 7) is 13.5. The molecule has 0 amide bonds. The summed E-state index contributed by atoms with van der Waals surface area (Å²) in [4.78, 5) is 95.6. The fraction of sp³-hybridized carbons (Fsp3) is 0.220. The van der Waals surface area contributed by atoms with Crippen molar-refractivity contribution in [3.05, 3.63) is 282 Å². The molecule has 0 saturated carbocycles. The topological polar surface area (TPSA) is 251 Å². The Morgan fingerprint density at radius 3 is 0.843 bits per heavy atom. The van der Waals surface area contributed by atoms with Crippen molar-refractivity contribution in [2.75, 3.05) is 21.3 Å². The zero-order chi connectivity index (χ0) is 87.3. The molecule has 18 rings (SSSR count). The van der Waals surface area contributed by atoms with Gasteiger partial charge in [-0.15, -0.1) is 0 Å². The average Bonchev–Trinajstić information content (AvgIpc) is 1.64. The third-order valence-electron chi connectivity index (χ3n) is 24.9. The number of fused-ring (bicyclic) bond motifs is 24. The van der Waals surface area contributed by atoms with Crippen molar-refractivity contribution in [1.82, 2.24) is 59.8 Å². The molecule has 0 fully saturated rings. The number of hydrogen-bond acceptors (Lipinski definition) is 12. The van der Waals surface area contributed by atoms with Crippen LogP contribution in [0.1, 0.15) is 275 Å². The number of carbonyl (C=O) groups is 3. The number of benzene rings is 3. The lowest BCUT2D eigenvalue weighted by molar-refractivity contribution is 0.0592. The van der Waals surface area contributed by atoms with Gasteiger partial charge in [-0.2, -0.15) is 0 Å². The van der Waals surface area contributed by atoms with Crippen molar-refractivity contribution < 1.29 is 28.6 Å². The number of aromatic nitrogens is 12. The highest BCUT2D eigenvalue weighted by Crippen LogP contribution is 2.42. The molecule has 0 spiro atoms. The van der Waals surface area contributed by atoms with Crippen molar-refractivity contribution >= 4 is 157 Å². The summed E-state index contributed by atoms with van der Waals surface area (Å²) in [6.07, 6.45) is 36.7. The number of H-pyrrole nitrogens is 6. The Morgan fingerprint density at radius 2 is 0.535 bits per heavy atom. The Hall–Kier alpha value is -15.0. The minimum absolute atomic E-state index is 0.0755. The number of carbonyl (C=O) groups excluding carboxylic acids is 3. The van der Waals surface area contributed by atoms with Gasteiger partial charge >= 0.3 is 17.9 Å². The molecule has 9 aromatic heterocycles. The second-order valence-corrected chi connectivity index (χ2v) is 32.8. The molecular formula is C109H98N12O6. The van der Waals surface area contributed by atoms with Crippen LogP contribution in [0.2, 0.25) is 0 Å². The van der Waals surface area contributed by atoms with E-state index in [1.165, 1.54) is 21.3 Å². The predicted molar refractivity (Wildman–Crippen MR) is 517 cm³/mol. The van der Waals surface area contributed by atoms with Crippen LogP contribution < -0.4 is 0 Å². The molecule has 3 aromatic carbocycles. The minimum Gasteiger partial charge on any atom is -0.465 e. The molecule has 127 heavy (non-hydrogen) atoms. The van der Waals surface area contributed by atoms with Gasteiger partial charge in [0, 0.05) is 77.5 Å². The molecule has 3 atom stereocenters. The van der Waals surface area contributed by atoms with E-state index in [4.69, 9.17) is 44.1 Å². The summed E-state index contributed by atoms with van der Waals surface area (Å²) in [7, 11) is 4.15. The lowest BCUT2D eigenvalue weighted by Gasteiger charge is -2.16. The number of aromatic amines is 6. The van der Waals surface area contributed by atoms with Gasteiger partial charge in [0.05, 0.1) is 151 Å². The van der Waals surface area contributed by atoms with Crippen molar-refractivity contribution in [3.8, 4) is 57.1 Å². The quantitative estimate of drug-likeness (QED) is 0.0223. The second-order valence-electron chi connectivity index (χ2n) is 32.8. The van der Waals surface area contributed by atoms with Crippen LogP contribution in [0.3, 0.4) is 0 Å². The fourth-order valence-corrected chi connectivity index (χ4v) is 18.2. The zero-order valence-electron chi connectivity index (χ0n) is 72.8. The molecule has 6 aliphatic rings. The van der Waals surface area contributed by atoms with Crippen molar-refractivity contribution in [1.29, 1.82) is 0 Å². The van der Waals surface area contributed by atoms with Crippen LogP contribution in [0.4, 0.5) is 0 Å². The van der Waals surface area contributed by atoms with E-state index in [1.807, 2.05) is 72.9 Å². The van der Waals surface area contributed by atoms with E-state index in [0.29, 0.717) is 84.3 Å². The maximum atomic E-state index is 13.3. The first-order valence-electron chi connectivity index (χ1n) is 44.2. The van der Waals surface area contributed by atoms with Crippen LogP contribution in [0.5, 0.6) is 0 Å². The number of esters is 3. The molecule has 18 nitrogen and oxygen atoms in total. The van der Waals surface area contributed by atoms with Gasteiger partial charge < -0.3 is 44.1 Å². The molecule has 24 bridgehead atoms. The molecule has 0 saturated heterocycles. The Morgan fingerprint density at radius 1 is 0.283 bits per heavy atom. The molecule has 630 valence electrons. The van der Waals surface area contributed by atoms with Crippen molar-refractivity contribution in [3.63, 3.8) is 0 Å². The number of hydrogen-bond donors (Lipinski definition) is 6. The van der Waals surface area contributed by atoms with Gasteiger partial charge in [0.25, 0.3) is 0 Å². The van der Waals surface area contributed by atoms with E-state index in [0.717, 1.165) is 216 Å². The first-order valence-corrected chi connectivity index (χ1v) is 44.2. The van der Waals surface area contributed by atoms with Gasteiger partial charge in [0.2, 0.25) is 0 Å². The third kappa shape index (κ3) is 16.7. The Labute approximate surface area is 737 Å². The molecule has 6 N–H and O–H groups in total. The van der Waals surface area contributed by atoms with Gasteiger partial charge in [-0.3, -0.25) is 0 Å². The lowest BCUT2D eigenvalue weighted by Crippen LogP contribution is -2.01. The number of methoxy groups -OCH3 is 3. The van der Waals surface area contributed by atoms with E-state index in [1.54, 1.807) is 36.4 Å². The number of unbranched alkanes of at least 4 members (excludes halogenated alkanes) is 3. The molecule has 0 radical (unpaired) electrons. The summed E-state index contributed by atoms with van der Waals surface area (Å²) in [6, 6.07) is 51.6. The van der Waals surface area contributed by atoms with Crippen molar-refractivity contribution in [2.45, 2.75) is 136 Å². The SMILES string of the molecule is CCCCC(CC)c1c2nc(cc3ccc([nH]3)c(-c3ccc(C(=O)OC)cc3)c3nc(c(C#Cc4c5nc(c(C(CC)CCCC)c6ccc([nH]6)c(C#Cc6c7nc(c(-c8ccc(C(=O)OC)cc8)c8ccc(cc9nc(c(C(CC)CCCC)c%10ccc6[nH]%10)C=C9)[nH]8)C=C7)c6nc(c(-c7ccc(C(=O)OC)cc7)c7ccc4[nH]7)C=C6)C=C5)c4ccc1[nH]4)C=C3)C=C2. The van der Waals surface area contributed by atoms with E-state index in [-0.39, 0.29) is 17.8 Å². The summed E-state index contributed by atoms with van der Waals surface area (Å²) in [5.41, 5.74) is 30.7. The maximum absolute atomic E-state index is 13.3. The second kappa shape index (κ2) is 36.4. The first-order chi connectivity index (χ1) is 62.2. The minimum atomic E-state index is -0.461. The Bertz CT molecular complexity index is 7030. The lowest BCUT2D eigenvalue weighted by atomic mass is 9.90. The Kier molecular flexibility index (Phi) is 23.8. The third-order valence-corrected chi connectivity index (χ3v) is 24.9. The molecule has 6 aliphatic heterocycles. The van der Waals surface area contributed by atoms with Gasteiger partial charge in [-0.1, -0.05) is 140 Å². The van der Waals surface area contributed by atoms with Crippen LogP contribution in [-0.2, 0) is 14.2 Å². The highest BCUT2D eigenvalue weighted by atomic mass is 16.5. The van der Waals surface area contributed by atoms with Gasteiger partial charge in [0.1, 0.15) is 0 Å². The smallest absolute Gasteiger partial charge is 0.337 e. The zero-order valence-corrected chi connectivity index (χ0v) is 72.8. The highest BCUT2D eigenvalue weighted by molar-refractivity contribution is 6.00. The van der Waals surface area contributed by atoms with Gasteiger partial charge in [-0.25, -0.2) is 44.3 Å². The van der Waals surface area contributed by atoms with E-state index in [9.17, 15) is 14.4 Å². The standard InChI is InChI=1S/C109H98N12O6/c1-10-16-19-64(13-4)101-89-42-34-73(110-89)62-75-36-44-91(112-75)104(67-22-28-70(29-23-67)107(122)125-7)97-58-50-85(118-97)77(81-46-54-93(101)114-81)38-40-79-83-48-56-95(116-83)103(66(15-6)21-18-12-3)96-57-49-84(117-96)80(88-53-61-100(121-88)106(99-60-52-87(79)120-99)69-26-32-72(33-27-69)109(124)127-9)41-39-78-82-47-55-94(115-82)102(65(14-5)20-17-11-2)90-43-35-74(111-90)63-76-37-45-92(113-76)105(98-59-51-86(78)119-98)68-24-30-71(31-25-68)108(123)126-8/h22-37,42-66,112-116,121H,10-21H2,1-9H3. The van der Waals surface area contributed by atoms with Gasteiger partial charge in [-0.05, 0) is 267 Å². The van der Waals surface area contributed by atoms with Gasteiger partial charge in [0.15, 0.2) is 0 Å². The molecule has 12 aromatic rings. The number of nitrogens with one attached hydrogen (secondary N) is 6. The first kappa shape index (κ1) is 82.9. The van der Waals surface area contributed by atoms with Crippen LogP contribution >= 0.6 is 0 Å². The molecule has 15 heterocycles. The van der Waals surface area contributed by atoms with Crippen LogP contribution in [0.15, 0.2) is 158 Å². The average molecular weight is 1670 g/mol. The maximum Gasteiger partial charge on any atom is 0.337 e. The number of ether oxygens (including phenoxy) is 3. The molecule has 3 unspecified atom stereocenters. The molecular weight excluding hydrogens is 1570 g/mol. The van der Waals surface area contributed by atoms with Crippen LogP contribution in [0.25, 0.3) is 172 Å². The number of nitrogens with zero attached hydrogens (tertiary/aromatic N) is 6. The van der Waals surface area contributed by atoms with Crippen LogP contribution in [0, 0.1) is 23.7 Å². The highest BCUT2D eigenvalue weighted by Gasteiger charge is 2.26. The Balaban J connectivity index is 0.906. The largest absolute Gasteiger partial charge is 0.465 e. The van der Waals surface area contributed by atoms with E-state index < -0.39 is 17.9 Å². The number of rotatable bonds is 21.